The quantitative estimate of drug-likeness (QED) is 0.179. The van der Waals surface area contributed by atoms with Crippen molar-refractivity contribution in [3.8, 4) is 50.6 Å². The third-order valence-corrected chi connectivity index (χ3v) is 9.97. The van der Waals surface area contributed by atoms with E-state index in [4.69, 9.17) is 0 Å². The number of aryl methyl sites for hydroxylation is 1. The molecular weight excluding hydrogens is 591 g/mol. The van der Waals surface area contributed by atoms with E-state index in [1.807, 2.05) is 12.1 Å². The van der Waals surface area contributed by atoms with Crippen molar-refractivity contribution in [3.63, 3.8) is 0 Å². The van der Waals surface area contributed by atoms with Gasteiger partial charge in [-0.1, -0.05) is 163 Å². The van der Waals surface area contributed by atoms with Crippen LogP contribution in [0.1, 0.15) is 11.1 Å². The molecule has 0 fully saturated rings. The Kier molecular flexibility index (Phi) is 6.82. The van der Waals surface area contributed by atoms with Gasteiger partial charge in [0.05, 0.1) is 11.6 Å². The standard InChI is InChI=1S/C48H31N/c1-31-18-22-33(23-19-31)45-37-10-2-6-14-41(37)47(42-15-7-3-11-38(42)45)35-26-28-36(29-27-35)48-43-16-8-4-12-39(43)46(40-13-5-9-17-44(40)48)34-24-20-32(30-49)21-25-34/h2-29H,1H3. The highest BCUT2D eigenvalue weighted by molar-refractivity contribution is 6.23. The fourth-order valence-electron chi connectivity index (χ4n) is 7.74. The molecule has 228 valence electrons. The van der Waals surface area contributed by atoms with Crippen LogP contribution in [0.5, 0.6) is 0 Å². The van der Waals surface area contributed by atoms with Crippen molar-refractivity contribution < 1.29 is 0 Å². The summed E-state index contributed by atoms with van der Waals surface area (Å²) in [7, 11) is 0. The van der Waals surface area contributed by atoms with Crippen molar-refractivity contribution in [2.24, 2.45) is 0 Å². The maximum atomic E-state index is 9.42. The molecule has 0 N–H and O–H groups in total. The van der Waals surface area contributed by atoms with Crippen LogP contribution in [0, 0.1) is 18.3 Å². The largest absolute Gasteiger partial charge is 0.192 e. The summed E-state index contributed by atoms with van der Waals surface area (Å²) in [5.74, 6) is 0. The van der Waals surface area contributed by atoms with Crippen LogP contribution in [0.15, 0.2) is 170 Å². The van der Waals surface area contributed by atoms with E-state index in [9.17, 15) is 5.26 Å². The number of nitriles is 1. The molecule has 0 bridgehead atoms. The first-order chi connectivity index (χ1) is 24.2. The van der Waals surface area contributed by atoms with Crippen LogP contribution in [0.2, 0.25) is 0 Å². The fraction of sp³-hybridized carbons (Fsp3) is 0.0208. The predicted molar refractivity (Wildman–Crippen MR) is 208 cm³/mol. The Labute approximate surface area is 286 Å². The molecule has 0 atom stereocenters. The highest BCUT2D eigenvalue weighted by Crippen LogP contribution is 2.46. The summed E-state index contributed by atoms with van der Waals surface area (Å²) in [5.41, 5.74) is 11.7. The molecule has 0 saturated heterocycles. The first kappa shape index (κ1) is 28.7. The van der Waals surface area contributed by atoms with Gasteiger partial charge < -0.3 is 0 Å². The normalized spacial score (nSPS) is 11.3. The van der Waals surface area contributed by atoms with Crippen LogP contribution in [0.25, 0.3) is 87.6 Å². The van der Waals surface area contributed by atoms with Gasteiger partial charge in [-0.05, 0) is 107 Å². The molecule has 0 unspecified atom stereocenters. The Morgan fingerprint density at radius 3 is 0.776 bits per heavy atom. The van der Waals surface area contributed by atoms with Crippen molar-refractivity contribution in [2.45, 2.75) is 6.92 Å². The van der Waals surface area contributed by atoms with Gasteiger partial charge in [0, 0.05) is 0 Å². The Hall–Kier alpha value is -6.49. The number of fused-ring (bicyclic) bond motifs is 4. The van der Waals surface area contributed by atoms with Crippen LogP contribution in [-0.2, 0) is 0 Å². The summed E-state index contributed by atoms with van der Waals surface area (Å²) in [6.45, 7) is 2.14. The topological polar surface area (TPSA) is 23.8 Å². The van der Waals surface area contributed by atoms with Gasteiger partial charge in [0.25, 0.3) is 0 Å². The summed E-state index contributed by atoms with van der Waals surface area (Å²) >= 11 is 0. The highest BCUT2D eigenvalue weighted by atomic mass is 14.2. The zero-order valence-electron chi connectivity index (χ0n) is 27.1. The van der Waals surface area contributed by atoms with E-state index in [0.29, 0.717) is 5.56 Å². The van der Waals surface area contributed by atoms with Crippen molar-refractivity contribution >= 4 is 43.1 Å². The van der Waals surface area contributed by atoms with Gasteiger partial charge in [0.1, 0.15) is 0 Å². The average molecular weight is 622 g/mol. The van der Waals surface area contributed by atoms with Crippen molar-refractivity contribution in [2.75, 3.05) is 0 Å². The molecule has 0 spiro atoms. The SMILES string of the molecule is Cc1ccc(-c2c3ccccc3c(-c3ccc(-c4c5ccccc5c(-c5ccc(C#N)cc5)c5ccccc45)cc3)c3ccccc23)cc1. The van der Waals surface area contributed by atoms with Gasteiger partial charge in [-0.25, -0.2) is 0 Å². The minimum Gasteiger partial charge on any atom is -0.192 e. The smallest absolute Gasteiger partial charge is 0.0991 e. The van der Waals surface area contributed by atoms with Crippen LogP contribution in [0.4, 0.5) is 0 Å². The number of hydrogen-bond acceptors (Lipinski definition) is 1. The molecule has 0 aromatic heterocycles. The van der Waals surface area contributed by atoms with Gasteiger partial charge in [0.2, 0.25) is 0 Å². The number of hydrogen-bond donors (Lipinski definition) is 0. The zero-order valence-corrected chi connectivity index (χ0v) is 27.1. The number of rotatable bonds is 4. The molecule has 0 amide bonds. The Bertz CT molecular complexity index is 2630. The van der Waals surface area contributed by atoms with Crippen LogP contribution in [-0.4, -0.2) is 0 Å². The lowest BCUT2D eigenvalue weighted by atomic mass is 9.84. The van der Waals surface area contributed by atoms with E-state index in [1.54, 1.807) is 0 Å². The van der Waals surface area contributed by atoms with Gasteiger partial charge in [-0.15, -0.1) is 0 Å². The Morgan fingerprint density at radius 1 is 0.306 bits per heavy atom. The molecule has 0 heterocycles. The molecule has 0 saturated carbocycles. The monoisotopic (exact) mass is 621 g/mol. The first-order valence-corrected chi connectivity index (χ1v) is 16.7. The van der Waals surface area contributed by atoms with Crippen molar-refractivity contribution in [3.05, 3.63) is 181 Å². The molecule has 9 rings (SSSR count). The molecule has 49 heavy (non-hydrogen) atoms. The summed E-state index contributed by atoms with van der Waals surface area (Å²) in [6, 6.07) is 63.4. The Balaban J connectivity index is 1.26. The molecule has 0 aliphatic rings. The second-order valence-corrected chi connectivity index (χ2v) is 12.8. The van der Waals surface area contributed by atoms with E-state index >= 15 is 0 Å². The molecule has 1 nitrogen and oxygen atoms in total. The molecule has 9 aromatic rings. The molecule has 0 aliphatic carbocycles. The molecule has 9 aromatic carbocycles. The average Bonchev–Trinajstić information content (AvgIpc) is 3.16. The molecule has 1 heteroatoms. The van der Waals surface area contributed by atoms with E-state index in [-0.39, 0.29) is 0 Å². The molecule has 0 radical (unpaired) electrons. The highest BCUT2D eigenvalue weighted by Gasteiger charge is 2.19. The van der Waals surface area contributed by atoms with Crippen LogP contribution < -0.4 is 0 Å². The molecular formula is C48H31N. The summed E-state index contributed by atoms with van der Waals surface area (Å²) < 4.78 is 0. The van der Waals surface area contributed by atoms with Gasteiger partial charge in [-0.2, -0.15) is 5.26 Å². The van der Waals surface area contributed by atoms with Crippen LogP contribution in [0.3, 0.4) is 0 Å². The lowest BCUT2D eigenvalue weighted by Gasteiger charge is -2.19. The summed E-state index contributed by atoms with van der Waals surface area (Å²) in [6.07, 6.45) is 0. The molecule has 0 aliphatic heterocycles. The number of benzene rings is 9. The predicted octanol–water partition coefficient (Wildman–Crippen LogP) is 13.1. The first-order valence-electron chi connectivity index (χ1n) is 16.7. The Morgan fingerprint density at radius 2 is 0.531 bits per heavy atom. The lowest BCUT2D eigenvalue weighted by Crippen LogP contribution is -1.92. The van der Waals surface area contributed by atoms with Crippen molar-refractivity contribution in [1.82, 2.24) is 0 Å². The van der Waals surface area contributed by atoms with E-state index in [0.717, 1.165) is 5.56 Å². The van der Waals surface area contributed by atoms with Gasteiger partial charge >= 0.3 is 0 Å². The van der Waals surface area contributed by atoms with Crippen molar-refractivity contribution in [1.29, 1.82) is 5.26 Å². The second-order valence-electron chi connectivity index (χ2n) is 12.8. The maximum Gasteiger partial charge on any atom is 0.0991 e. The third kappa shape index (κ3) is 4.69. The minimum absolute atomic E-state index is 0.666. The van der Waals surface area contributed by atoms with E-state index < -0.39 is 0 Å². The third-order valence-electron chi connectivity index (χ3n) is 9.97. The summed E-state index contributed by atoms with van der Waals surface area (Å²) in [5, 5.41) is 19.3. The fourth-order valence-corrected chi connectivity index (χ4v) is 7.74. The van der Waals surface area contributed by atoms with Gasteiger partial charge in [0.15, 0.2) is 0 Å². The van der Waals surface area contributed by atoms with E-state index in [2.05, 4.69) is 171 Å². The van der Waals surface area contributed by atoms with Crippen LogP contribution >= 0.6 is 0 Å². The lowest BCUT2D eigenvalue weighted by molar-refractivity contribution is 1.47. The maximum absolute atomic E-state index is 9.42. The minimum atomic E-state index is 0.666. The summed E-state index contributed by atoms with van der Waals surface area (Å²) in [4.78, 5) is 0. The van der Waals surface area contributed by atoms with E-state index in [1.165, 1.54) is 87.6 Å². The second kappa shape index (κ2) is 11.6. The zero-order chi connectivity index (χ0) is 32.9. The van der Waals surface area contributed by atoms with Gasteiger partial charge in [-0.3, -0.25) is 0 Å². The number of nitrogens with zero attached hydrogens (tertiary/aromatic N) is 1.